The Morgan fingerprint density at radius 3 is 1.74 bits per heavy atom. The zero-order valence-electron chi connectivity index (χ0n) is 29.3. The molecule has 6 aromatic rings. The molecule has 2 saturated carbocycles. The number of aliphatic hydroxyl groups is 3. The van der Waals surface area contributed by atoms with Gasteiger partial charge in [0.25, 0.3) is 0 Å². The van der Waals surface area contributed by atoms with Crippen LogP contribution in [0.4, 0.5) is 11.6 Å². The molecule has 0 saturated heterocycles. The van der Waals surface area contributed by atoms with E-state index >= 15 is 0 Å². The molecular formula is C40H44N8O5. The zero-order valence-corrected chi connectivity index (χ0v) is 29.3. The van der Waals surface area contributed by atoms with Gasteiger partial charge < -0.3 is 31.1 Å². The van der Waals surface area contributed by atoms with Crippen LogP contribution in [0, 0.1) is 0 Å². The van der Waals surface area contributed by atoms with Crippen molar-refractivity contribution < 1.29 is 25.2 Å². The lowest BCUT2D eigenvalue weighted by atomic mass is 9.93. The van der Waals surface area contributed by atoms with Crippen molar-refractivity contribution in [3.8, 4) is 22.3 Å². The predicted molar refractivity (Wildman–Crippen MR) is 203 cm³/mol. The van der Waals surface area contributed by atoms with E-state index in [4.69, 9.17) is 15.1 Å². The number of aromatic nitrogens is 6. The number of carboxylic acid groups (broad SMARTS) is 1. The maximum Gasteiger partial charge on any atom is 0.328 e. The summed E-state index contributed by atoms with van der Waals surface area (Å²) in [5.74, 6) is 0.639. The minimum absolute atomic E-state index is 0.0147. The Bertz CT molecular complexity index is 2200. The second kappa shape index (κ2) is 16.4. The maximum absolute atomic E-state index is 10.7. The van der Waals surface area contributed by atoms with Gasteiger partial charge in [-0.2, -0.15) is 10.2 Å². The first kappa shape index (κ1) is 35.8. The molecule has 0 spiro atoms. The summed E-state index contributed by atoms with van der Waals surface area (Å²) >= 11 is 0. The van der Waals surface area contributed by atoms with Crippen molar-refractivity contribution in [3.05, 3.63) is 103 Å². The highest BCUT2D eigenvalue weighted by Gasteiger charge is 2.21. The maximum atomic E-state index is 10.7. The van der Waals surface area contributed by atoms with Crippen LogP contribution in [-0.4, -0.2) is 79.9 Å². The molecule has 0 atom stereocenters. The highest BCUT2D eigenvalue weighted by Crippen LogP contribution is 2.28. The Hall–Kier alpha value is -5.63. The number of aliphatic carboxylic acids is 1. The Kier molecular flexibility index (Phi) is 11.0. The van der Waals surface area contributed by atoms with Gasteiger partial charge in [0.2, 0.25) is 0 Å². The number of fused-ring (bicyclic) bond motifs is 2. The minimum Gasteiger partial charge on any atom is -0.478 e. The quantitative estimate of drug-likeness (QED) is 0.0993. The van der Waals surface area contributed by atoms with Crippen LogP contribution in [0.5, 0.6) is 0 Å². The number of nitrogens with one attached hydrogen (secondary N) is 2. The third-order valence-electron chi connectivity index (χ3n) is 9.87. The largest absolute Gasteiger partial charge is 0.478 e. The van der Waals surface area contributed by atoms with Crippen molar-refractivity contribution in [1.29, 1.82) is 0 Å². The van der Waals surface area contributed by atoms with E-state index in [0.29, 0.717) is 12.1 Å². The highest BCUT2D eigenvalue weighted by atomic mass is 16.4. The van der Waals surface area contributed by atoms with E-state index in [2.05, 4.69) is 20.8 Å². The van der Waals surface area contributed by atoms with Crippen LogP contribution < -0.4 is 10.6 Å². The van der Waals surface area contributed by atoms with E-state index in [1.807, 2.05) is 73.1 Å². The molecule has 2 aliphatic rings. The summed E-state index contributed by atoms with van der Waals surface area (Å²) in [4.78, 5) is 20.2. The Morgan fingerprint density at radius 2 is 1.23 bits per heavy atom. The molecule has 4 heterocycles. The average molecular weight is 717 g/mol. The molecule has 0 radical (unpaired) electrons. The fourth-order valence-electron chi connectivity index (χ4n) is 6.98. The third kappa shape index (κ3) is 8.88. The normalized spacial score (nSPS) is 20.3. The van der Waals surface area contributed by atoms with Crippen LogP contribution in [0.3, 0.4) is 0 Å². The van der Waals surface area contributed by atoms with Crippen LogP contribution in [0.2, 0.25) is 0 Å². The molecule has 53 heavy (non-hydrogen) atoms. The molecule has 0 aliphatic heterocycles. The van der Waals surface area contributed by atoms with Gasteiger partial charge in [0.05, 0.1) is 31.2 Å². The molecule has 274 valence electrons. The Balaban J connectivity index is 0.000000165. The number of hydrogen-bond acceptors (Lipinski definition) is 10. The molecule has 4 aromatic heterocycles. The Labute approximate surface area is 306 Å². The standard InChI is InChI=1S/C21H22N4O3.C19H22N4O2/c26-17-7-5-16(6-8-17)23-19-10-11-25-21(24-19)18(13-22-25)15-3-1-2-14(12-15)4-9-20(27)28;24-12-13-2-1-3-14(10-13)17-11-20-23-9-8-18(22-19(17)23)21-15-4-6-16(25)7-5-15/h1-4,9-13,16-17,26H,5-8H2,(H,23,24)(H,27,28);1-3,8-11,15-16,24-25H,4-7,12H2,(H,21,22)/b9-4+;. The van der Waals surface area contributed by atoms with Crippen molar-refractivity contribution in [2.45, 2.75) is 82.3 Å². The van der Waals surface area contributed by atoms with E-state index in [-0.39, 0.29) is 18.8 Å². The summed E-state index contributed by atoms with van der Waals surface area (Å²) in [6, 6.07) is 19.9. The number of rotatable bonds is 9. The molecular weight excluding hydrogens is 672 g/mol. The van der Waals surface area contributed by atoms with Crippen molar-refractivity contribution in [2.75, 3.05) is 10.6 Å². The topological polar surface area (TPSA) is 182 Å². The predicted octanol–water partition coefficient (Wildman–Crippen LogP) is 5.81. The van der Waals surface area contributed by atoms with E-state index in [1.54, 1.807) is 27.5 Å². The second-order valence-electron chi connectivity index (χ2n) is 13.7. The zero-order chi connectivity index (χ0) is 36.7. The summed E-state index contributed by atoms with van der Waals surface area (Å²) in [5, 5.41) is 53.2. The monoisotopic (exact) mass is 716 g/mol. The van der Waals surface area contributed by atoms with Gasteiger partial charge in [0, 0.05) is 41.7 Å². The van der Waals surface area contributed by atoms with Crippen LogP contribution in [0.25, 0.3) is 39.6 Å². The average Bonchev–Trinajstić information content (AvgIpc) is 3.80. The fourth-order valence-corrected chi connectivity index (χ4v) is 6.98. The lowest BCUT2D eigenvalue weighted by Gasteiger charge is -2.26. The number of benzene rings is 2. The molecule has 13 heteroatoms. The van der Waals surface area contributed by atoms with Gasteiger partial charge in [-0.25, -0.2) is 23.8 Å². The molecule has 0 unspecified atom stereocenters. The summed E-state index contributed by atoms with van der Waals surface area (Å²) in [6.45, 7) is 0.0147. The lowest BCUT2D eigenvalue weighted by molar-refractivity contribution is -0.131. The number of aliphatic hydroxyl groups excluding tert-OH is 3. The van der Waals surface area contributed by atoms with Crippen molar-refractivity contribution in [3.63, 3.8) is 0 Å². The van der Waals surface area contributed by atoms with Gasteiger partial charge in [-0.3, -0.25) is 0 Å². The number of carboxylic acids is 1. The van der Waals surface area contributed by atoms with Crippen molar-refractivity contribution >= 4 is 35.0 Å². The Morgan fingerprint density at radius 1 is 0.717 bits per heavy atom. The van der Waals surface area contributed by atoms with Crippen molar-refractivity contribution in [1.82, 2.24) is 29.2 Å². The third-order valence-corrected chi connectivity index (χ3v) is 9.87. The fraction of sp³-hybridized carbons (Fsp3) is 0.325. The highest BCUT2D eigenvalue weighted by molar-refractivity contribution is 5.86. The first-order chi connectivity index (χ1) is 25.8. The SMILES string of the molecule is O=C(O)/C=C/c1cccc(-c2cnn3ccc(NC4CCC(O)CC4)nc23)c1.OCc1cccc(-c2cnn3ccc(NC4CCC(O)CC4)nc23)c1. The molecule has 13 nitrogen and oxygen atoms in total. The van der Waals surface area contributed by atoms with Gasteiger partial charge in [0.1, 0.15) is 11.6 Å². The van der Waals surface area contributed by atoms with E-state index < -0.39 is 5.97 Å². The van der Waals surface area contributed by atoms with Crippen LogP contribution in [0.15, 0.2) is 91.5 Å². The molecule has 2 fully saturated rings. The molecule has 8 rings (SSSR count). The minimum atomic E-state index is -0.978. The van der Waals surface area contributed by atoms with E-state index in [9.17, 15) is 20.1 Å². The van der Waals surface area contributed by atoms with Gasteiger partial charge in [-0.05, 0) is 104 Å². The molecule has 6 N–H and O–H groups in total. The van der Waals surface area contributed by atoms with Gasteiger partial charge in [0.15, 0.2) is 11.3 Å². The molecule has 2 aromatic carbocycles. The van der Waals surface area contributed by atoms with E-state index in [1.165, 1.54) is 0 Å². The summed E-state index contributed by atoms with van der Waals surface area (Å²) in [6.07, 6.45) is 16.8. The van der Waals surface area contributed by atoms with Crippen molar-refractivity contribution in [2.24, 2.45) is 0 Å². The van der Waals surface area contributed by atoms with E-state index in [0.717, 1.165) is 114 Å². The van der Waals surface area contributed by atoms with Gasteiger partial charge in [-0.1, -0.05) is 36.4 Å². The van der Waals surface area contributed by atoms with Crippen LogP contribution in [0.1, 0.15) is 62.5 Å². The van der Waals surface area contributed by atoms with Gasteiger partial charge in [-0.15, -0.1) is 0 Å². The van der Waals surface area contributed by atoms with Crippen LogP contribution >= 0.6 is 0 Å². The summed E-state index contributed by atoms with van der Waals surface area (Å²) < 4.78 is 3.49. The second-order valence-corrected chi connectivity index (χ2v) is 13.7. The smallest absolute Gasteiger partial charge is 0.328 e. The molecule has 2 aliphatic carbocycles. The number of hydrogen-bond donors (Lipinski definition) is 6. The molecule has 0 bridgehead atoms. The summed E-state index contributed by atoms with van der Waals surface area (Å²) in [7, 11) is 0. The van der Waals surface area contributed by atoms with Gasteiger partial charge >= 0.3 is 5.97 Å². The molecule has 0 amide bonds. The number of nitrogens with zero attached hydrogens (tertiary/aromatic N) is 6. The summed E-state index contributed by atoms with van der Waals surface area (Å²) in [5.41, 5.74) is 6.93. The first-order valence-electron chi connectivity index (χ1n) is 18.1. The number of anilines is 2. The first-order valence-corrected chi connectivity index (χ1v) is 18.1. The number of carbonyl (C=O) groups is 1. The van der Waals surface area contributed by atoms with Crippen LogP contribution in [-0.2, 0) is 11.4 Å². The lowest BCUT2D eigenvalue weighted by Crippen LogP contribution is -2.28.